The molecular formula is C20H19FO2. The van der Waals surface area contributed by atoms with Gasteiger partial charge in [-0.15, -0.1) is 0 Å². The van der Waals surface area contributed by atoms with Gasteiger partial charge in [0.2, 0.25) is 0 Å². The van der Waals surface area contributed by atoms with E-state index in [1.165, 1.54) is 12.1 Å². The highest BCUT2D eigenvalue weighted by Crippen LogP contribution is 2.26. The molecule has 0 aromatic heterocycles. The van der Waals surface area contributed by atoms with Gasteiger partial charge < -0.3 is 9.84 Å². The van der Waals surface area contributed by atoms with Gasteiger partial charge in [-0.25, -0.2) is 4.39 Å². The summed E-state index contributed by atoms with van der Waals surface area (Å²) in [5.41, 5.74) is 2.98. The Morgan fingerprint density at radius 1 is 1.22 bits per heavy atom. The van der Waals surface area contributed by atoms with Crippen LogP contribution in [0.3, 0.4) is 0 Å². The van der Waals surface area contributed by atoms with Gasteiger partial charge in [0.05, 0.1) is 12.7 Å². The maximum Gasteiger partial charge on any atom is 0.165 e. The minimum atomic E-state index is -0.603. The molecular weight excluding hydrogens is 291 g/mol. The predicted molar refractivity (Wildman–Crippen MR) is 90.5 cm³/mol. The van der Waals surface area contributed by atoms with E-state index in [2.05, 4.69) is 6.08 Å². The van der Waals surface area contributed by atoms with Crippen LogP contribution in [0.1, 0.15) is 24.0 Å². The lowest BCUT2D eigenvalue weighted by molar-refractivity contribution is 0.123. The maximum absolute atomic E-state index is 13.6. The second-order valence-corrected chi connectivity index (χ2v) is 5.59. The topological polar surface area (TPSA) is 29.5 Å². The zero-order valence-electron chi connectivity index (χ0n) is 12.8. The van der Waals surface area contributed by atoms with E-state index in [1.807, 2.05) is 42.5 Å². The van der Waals surface area contributed by atoms with Gasteiger partial charge in [-0.3, -0.25) is 0 Å². The van der Waals surface area contributed by atoms with Crippen LogP contribution in [0.25, 0.3) is 11.6 Å². The second kappa shape index (κ2) is 7.25. The lowest BCUT2D eigenvalue weighted by Gasteiger charge is -2.12. The first-order chi connectivity index (χ1) is 11.2. The Hall–Kier alpha value is -2.39. The zero-order valence-corrected chi connectivity index (χ0v) is 12.8. The summed E-state index contributed by atoms with van der Waals surface area (Å²) in [7, 11) is 0. The fourth-order valence-corrected chi connectivity index (χ4v) is 2.69. The fourth-order valence-electron chi connectivity index (χ4n) is 2.69. The molecule has 0 saturated heterocycles. The number of phenolic OH excluding ortho intramolecular Hbond substituents is 1. The van der Waals surface area contributed by atoms with Crippen molar-refractivity contribution in [1.82, 2.24) is 0 Å². The highest BCUT2D eigenvalue weighted by Gasteiger charge is 2.11. The van der Waals surface area contributed by atoms with Crippen molar-refractivity contribution in [3.05, 3.63) is 77.6 Å². The van der Waals surface area contributed by atoms with E-state index in [4.69, 9.17) is 4.74 Å². The van der Waals surface area contributed by atoms with Crippen molar-refractivity contribution < 1.29 is 14.2 Å². The van der Waals surface area contributed by atoms with Gasteiger partial charge in [0.1, 0.15) is 0 Å². The first-order valence-corrected chi connectivity index (χ1v) is 7.75. The largest absolute Gasteiger partial charge is 0.505 e. The van der Waals surface area contributed by atoms with Gasteiger partial charge in [0.25, 0.3) is 0 Å². The zero-order chi connectivity index (χ0) is 16.1. The van der Waals surface area contributed by atoms with Crippen LogP contribution in [0.15, 0.2) is 60.7 Å². The molecule has 118 valence electrons. The first kappa shape index (κ1) is 15.5. The van der Waals surface area contributed by atoms with Crippen LogP contribution >= 0.6 is 0 Å². The molecule has 2 aromatic rings. The number of phenols is 1. The molecule has 0 unspecified atom stereocenters. The van der Waals surface area contributed by atoms with Crippen molar-refractivity contribution >= 4 is 11.6 Å². The number of rotatable bonds is 5. The minimum absolute atomic E-state index is 0.152. The summed E-state index contributed by atoms with van der Waals surface area (Å²) in [5.74, 6) is -0.930. The summed E-state index contributed by atoms with van der Waals surface area (Å²) < 4.78 is 19.1. The Morgan fingerprint density at radius 2 is 2.04 bits per heavy atom. The van der Waals surface area contributed by atoms with E-state index in [1.54, 1.807) is 6.07 Å². The molecule has 1 aliphatic rings. The second-order valence-electron chi connectivity index (χ2n) is 5.59. The third-order valence-corrected chi connectivity index (χ3v) is 3.91. The summed E-state index contributed by atoms with van der Waals surface area (Å²) in [4.78, 5) is 0. The number of benzene rings is 2. The third kappa shape index (κ3) is 4.08. The highest BCUT2D eigenvalue weighted by atomic mass is 19.1. The lowest BCUT2D eigenvalue weighted by Crippen LogP contribution is -2.04. The lowest BCUT2D eigenvalue weighted by atomic mass is 9.97. The van der Waals surface area contributed by atoms with Crippen molar-refractivity contribution in [2.24, 2.45) is 0 Å². The standard InChI is InChI=1S/C20H19FO2/c21-19-14-15(8-11-20(19)22)13-17(16-5-2-1-3-6-16)9-10-18-7-4-12-23-18/h1-8,11,13-14,18,22H,9-10,12H2/b17-13-/t18-/m0/s1. The van der Waals surface area contributed by atoms with E-state index < -0.39 is 5.82 Å². The van der Waals surface area contributed by atoms with Gasteiger partial charge >= 0.3 is 0 Å². The molecule has 3 rings (SSSR count). The molecule has 0 bridgehead atoms. The van der Waals surface area contributed by atoms with Gasteiger partial charge in [0.15, 0.2) is 11.6 Å². The van der Waals surface area contributed by atoms with Crippen molar-refractivity contribution in [1.29, 1.82) is 0 Å². The van der Waals surface area contributed by atoms with Crippen LogP contribution < -0.4 is 0 Å². The molecule has 1 heterocycles. The summed E-state index contributed by atoms with van der Waals surface area (Å²) in [6, 6.07) is 14.5. The monoisotopic (exact) mass is 310 g/mol. The molecule has 0 fully saturated rings. The van der Waals surface area contributed by atoms with E-state index in [0.717, 1.165) is 29.5 Å². The summed E-state index contributed by atoms with van der Waals surface area (Å²) >= 11 is 0. The summed E-state index contributed by atoms with van der Waals surface area (Å²) in [6.07, 6.45) is 7.96. The number of allylic oxidation sites excluding steroid dienone is 1. The molecule has 0 amide bonds. The molecule has 1 aliphatic heterocycles. The average molecular weight is 310 g/mol. The van der Waals surface area contributed by atoms with E-state index >= 15 is 0 Å². The van der Waals surface area contributed by atoms with Crippen LogP contribution in [0.4, 0.5) is 4.39 Å². The van der Waals surface area contributed by atoms with Gasteiger partial charge in [0, 0.05) is 0 Å². The Kier molecular flexibility index (Phi) is 4.89. The first-order valence-electron chi connectivity index (χ1n) is 7.75. The normalized spacial score (nSPS) is 17.6. The van der Waals surface area contributed by atoms with Crippen molar-refractivity contribution in [2.75, 3.05) is 6.61 Å². The quantitative estimate of drug-likeness (QED) is 0.634. The number of halogens is 1. The van der Waals surface area contributed by atoms with E-state index in [0.29, 0.717) is 6.61 Å². The van der Waals surface area contributed by atoms with Gasteiger partial charge in [-0.1, -0.05) is 54.6 Å². The molecule has 0 radical (unpaired) electrons. The molecule has 23 heavy (non-hydrogen) atoms. The highest BCUT2D eigenvalue weighted by molar-refractivity contribution is 5.81. The van der Waals surface area contributed by atoms with E-state index in [-0.39, 0.29) is 11.9 Å². The summed E-state index contributed by atoms with van der Waals surface area (Å²) in [6.45, 7) is 0.679. The molecule has 0 aliphatic carbocycles. The van der Waals surface area contributed by atoms with Crippen LogP contribution in [0.5, 0.6) is 5.75 Å². The number of hydrogen-bond donors (Lipinski definition) is 1. The Morgan fingerprint density at radius 3 is 2.74 bits per heavy atom. The third-order valence-electron chi connectivity index (χ3n) is 3.91. The number of hydrogen-bond acceptors (Lipinski definition) is 2. The predicted octanol–water partition coefficient (Wildman–Crippen LogP) is 4.81. The molecule has 2 aromatic carbocycles. The van der Waals surface area contributed by atoms with Crippen LogP contribution in [0, 0.1) is 5.82 Å². The fraction of sp³-hybridized carbons (Fsp3) is 0.200. The molecule has 0 saturated carbocycles. The van der Waals surface area contributed by atoms with Crippen molar-refractivity contribution in [2.45, 2.75) is 18.9 Å². The van der Waals surface area contributed by atoms with Gasteiger partial charge in [-0.2, -0.15) is 0 Å². The van der Waals surface area contributed by atoms with Crippen LogP contribution in [-0.2, 0) is 4.74 Å². The maximum atomic E-state index is 13.6. The number of aromatic hydroxyl groups is 1. The molecule has 1 N–H and O–H groups in total. The SMILES string of the molecule is Oc1ccc(/C=C(/CC[C@@H]2C=CCO2)c2ccccc2)cc1F. The Labute approximate surface area is 135 Å². The van der Waals surface area contributed by atoms with Crippen molar-refractivity contribution in [3.8, 4) is 5.75 Å². The molecule has 0 spiro atoms. The minimum Gasteiger partial charge on any atom is -0.505 e. The van der Waals surface area contributed by atoms with E-state index in [9.17, 15) is 9.50 Å². The molecule has 2 nitrogen and oxygen atoms in total. The Balaban J connectivity index is 1.85. The molecule has 3 heteroatoms. The smallest absolute Gasteiger partial charge is 0.165 e. The average Bonchev–Trinajstić information content (AvgIpc) is 3.09. The Bertz CT molecular complexity index is 720. The number of ether oxygens (including phenoxy) is 1. The van der Waals surface area contributed by atoms with Crippen LogP contribution in [0.2, 0.25) is 0 Å². The van der Waals surface area contributed by atoms with Crippen LogP contribution in [-0.4, -0.2) is 17.8 Å². The van der Waals surface area contributed by atoms with Crippen molar-refractivity contribution in [3.63, 3.8) is 0 Å². The summed E-state index contributed by atoms with van der Waals surface area (Å²) in [5, 5.41) is 9.32. The van der Waals surface area contributed by atoms with Gasteiger partial charge in [-0.05, 0) is 41.7 Å². The molecule has 1 atom stereocenters.